The molecule has 3 aromatic rings. The van der Waals surface area contributed by atoms with Crippen molar-refractivity contribution in [2.75, 3.05) is 14.2 Å². The molecule has 23 heavy (non-hydrogen) atoms. The summed E-state index contributed by atoms with van der Waals surface area (Å²) in [6, 6.07) is 13.5. The number of nitrogens with zero attached hydrogens (tertiary/aromatic N) is 3. The van der Waals surface area contributed by atoms with Gasteiger partial charge in [-0.2, -0.15) is 5.26 Å². The van der Waals surface area contributed by atoms with Crippen LogP contribution in [0.1, 0.15) is 17.0 Å². The normalized spacial score (nSPS) is 10.5. The maximum absolute atomic E-state index is 8.89. The summed E-state index contributed by atoms with van der Waals surface area (Å²) < 4.78 is 12.8. The predicted octanol–water partition coefficient (Wildman–Crippen LogP) is 3.28. The van der Waals surface area contributed by atoms with E-state index in [9.17, 15) is 0 Å². The third-order valence-electron chi connectivity index (χ3n) is 3.87. The van der Waals surface area contributed by atoms with Gasteiger partial charge in [0.05, 0.1) is 36.9 Å². The van der Waals surface area contributed by atoms with E-state index in [1.165, 1.54) is 0 Å². The van der Waals surface area contributed by atoms with E-state index < -0.39 is 0 Å². The van der Waals surface area contributed by atoms with Crippen molar-refractivity contribution in [3.63, 3.8) is 0 Å². The van der Waals surface area contributed by atoms with Crippen molar-refractivity contribution in [3.8, 4) is 17.6 Å². The lowest BCUT2D eigenvalue weighted by molar-refractivity contribution is 0.355. The molecule has 0 aliphatic carbocycles. The summed E-state index contributed by atoms with van der Waals surface area (Å²) in [6.07, 6.45) is 0. The summed E-state index contributed by atoms with van der Waals surface area (Å²) in [7, 11) is 3.24. The number of aromatic nitrogens is 2. The Balaban J connectivity index is 2.05. The summed E-state index contributed by atoms with van der Waals surface area (Å²) in [5.41, 5.74) is 3.63. The number of aryl methyl sites for hydroxylation is 1. The molecule has 5 nitrogen and oxygen atoms in total. The Labute approximate surface area is 134 Å². The van der Waals surface area contributed by atoms with Gasteiger partial charge in [-0.25, -0.2) is 4.98 Å². The highest BCUT2D eigenvalue weighted by atomic mass is 16.5. The van der Waals surface area contributed by atoms with Gasteiger partial charge in [-0.1, -0.05) is 12.1 Å². The SMILES string of the molecule is COc1cc2nc(C)n(Cc3ccc(C#N)cc3)c2cc1OC. The van der Waals surface area contributed by atoms with Crippen molar-refractivity contribution in [1.29, 1.82) is 5.26 Å². The van der Waals surface area contributed by atoms with E-state index in [4.69, 9.17) is 14.7 Å². The number of hydrogen-bond donors (Lipinski definition) is 0. The number of methoxy groups -OCH3 is 2. The Morgan fingerprint density at radius 3 is 2.35 bits per heavy atom. The lowest BCUT2D eigenvalue weighted by Gasteiger charge is -2.10. The summed E-state index contributed by atoms with van der Waals surface area (Å²) in [6.45, 7) is 2.66. The van der Waals surface area contributed by atoms with Crippen LogP contribution in [0.5, 0.6) is 11.5 Å². The molecule has 0 unspecified atom stereocenters. The molecule has 3 rings (SSSR count). The third-order valence-corrected chi connectivity index (χ3v) is 3.87. The molecular formula is C18H17N3O2. The lowest BCUT2D eigenvalue weighted by Crippen LogP contribution is -2.02. The lowest BCUT2D eigenvalue weighted by atomic mass is 10.1. The Bertz CT molecular complexity index is 889. The second kappa shape index (κ2) is 6.01. The number of hydrogen-bond acceptors (Lipinski definition) is 4. The molecule has 0 bridgehead atoms. The van der Waals surface area contributed by atoms with Gasteiger partial charge in [0.2, 0.25) is 0 Å². The maximum atomic E-state index is 8.89. The van der Waals surface area contributed by atoms with Gasteiger partial charge >= 0.3 is 0 Å². The molecule has 0 fully saturated rings. The average Bonchev–Trinajstić information content (AvgIpc) is 2.89. The Hall–Kier alpha value is -3.00. The fraction of sp³-hybridized carbons (Fsp3) is 0.222. The topological polar surface area (TPSA) is 60.1 Å². The first-order valence-corrected chi connectivity index (χ1v) is 7.24. The highest BCUT2D eigenvalue weighted by molar-refractivity contribution is 5.80. The monoisotopic (exact) mass is 307 g/mol. The van der Waals surface area contributed by atoms with Crippen LogP contribution >= 0.6 is 0 Å². The van der Waals surface area contributed by atoms with Gasteiger partial charge in [-0.15, -0.1) is 0 Å². The Morgan fingerprint density at radius 2 is 1.74 bits per heavy atom. The molecule has 0 radical (unpaired) electrons. The minimum Gasteiger partial charge on any atom is -0.493 e. The van der Waals surface area contributed by atoms with E-state index in [0.717, 1.165) is 22.4 Å². The number of nitriles is 1. The van der Waals surface area contributed by atoms with E-state index in [-0.39, 0.29) is 0 Å². The molecule has 2 aromatic carbocycles. The van der Waals surface area contributed by atoms with Crippen LogP contribution in [-0.4, -0.2) is 23.8 Å². The molecule has 0 spiro atoms. The Morgan fingerprint density at radius 1 is 1.09 bits per heavy atom. The minimum atomic E-state index is 0.660. The van der Waals surface area contributed by atoms with Crippen LogP contribution in [0.3, 0.4) is 0 Å². The fourth-order valence-corrected chi connectivity index (χ4v) is 2.64. The van der Waals surface area contributed by atoms with Crippen molar-refractivity contribution < 1.29 is 9.47 Å². The molecule has 0 saturated carbocycles. The first kappa shape index (κ1) is 14.9. The fourth-order valence-electron chi connectivity index (χ4n) is 2.64. The molecule has 116 valence electrons. The summed E-state index contributed by atoms with van der Waals surface area (Å²) in [5, 5.41) is 8.89. The largest absolute Gasteiger partial charge is 0.493 e. The molecular weight excluding hydrogens is 290 g/mol. The molecule has 1 aromatic heterocycles. The highest BCUT2D eigenvalue weighted by Gasteiger charge is 2.13. The van der Waals surface area contributed by atoms with Crippen LogP contribution < -0.4 is 9.47 Å². The van der Waals surface area contributed by atoms with Gasteiger partial charge in [-0.05, 0) is 24.6 Å². The molecule has 0 aliphatic rings. The van der Waals surface area contributed by atoms with Gasteiger partial charge in [0.1, 0.15) is 5.82 Å². The molecule has 0 N–H and O–H groups in total. The Kier molecular flexibility index (Phi) is 3.90. The average molecular weight is 307 g/mol. The standard InChI is InChI=1S/C18H17N3O2/c1-12-20-15-8-17(22-2)18(23-3)9-16(15)21(12)11-14-6-4-13(10-19)5-7-14/h4-9H,11H2,1-3H3. The van der Waals surface area contributed by atoms with E-state index in [0.29, 0.717) is 23.6 Å². The molecule has 1 heterocycles. The number of ether oxygens (including phenoxy) is 2. The van der Waals surface area contributed by atoms with E-state index in [2.05, 4.69) is 15.6 Å². The van der Waals surface area contributed by atoms with Gasteiger partial charge in [-0.3, -0.25) is 0 Å². The zero-order chi connectivity index (χ0) is 16.4. The van der Waals surface area contributed by atoms with Crippen molar-refractivity contribution in [2.45, 2.75) is 13.5 Å². The predicted molar refractivity (Wildman–Crippen MR) is 87.8 cm³/mol. The van der Waals surface area contributed by atoms with Crippen molar-refractivity contribution in [3.05, 3.63) is 53.3 Å². The first-order valence-electron chi connectivity index (χ1n) is 7.24. The van der Waals surface area contributed by atoms with E-state index in [1.807, 2.05) is 43.3 Å². The zero-order valence-corrected chi connectivity index (χ0v) is 13.3. The number of fused-ring (bicyclic) bond motifs is 1. The number of rotatable bonds is 4. The molecule has 0 aliphatic heterocycles. The smallest absolute Gasteiger partial charge is 0.163 e. The highest BCUT2D eigenvalue weighted by Crippen LogP contribution is 2.32. The van der Waals surface area contributed by atoms with Crippen LogP contribution in [-0.2, 0) is 6.54 Å². The maximum Gasteiger partial charge on any atom is 0.163 e. The van der Waals surface area contributed by atoms with Gasteiger partial charge in [0, 0.05) is 18.7 Å². The molecule has 0 atom stereocenters. The third kappa shape index (κ3) is 2.71. The number of imidazole rings is 1. The van der Waals surface area contributed by atoms with E-state index in [1.54, 1.807) is 14.2 Å². The van der Waals surface area contributed by atoms with Crippen LogP contribution in [0.2, 0.25) is 0 Å². The molecule has 0 amide bonds. The van der Waals surface area contributed by atoms with E-state index >= 15 is 0 Å². The number of benzene rings is 2. The first-order chi connectivity index (χ1) is 11.2. The quantitative estimate of drug-likeness (QED) is 0.742. The van der Waals surface area contributed by atoms with Crippen LogP contribution in [0.4, 0.5) is 0 Å². The van der Waals surface area contributed by atoms with Crippen LogP contribution in [0.25, 0.3) is 11.0 Å². The van der Waals surface area contributed by atoms with Gasteiger partial charge in [0.15, 0.2) is 11.5 Å². The second-order valence-corrected chi connectivity index (χ2v) is 5.25. The van der Waals surface area contributed by atoms with Crippen molar-refractivity contribution in [1.82, 2.24) is 9.55 Å². The van der Waals surface area contributed by atoms with Crippen LogP contribution in [0, 0.1) is 18.3 Å². The van der Waals surface area contributed by atoms with Crippen molar-refractivity contribution in [2.24, 2.45) is 0 Å². The van der Waals surface area contributed by atoms with Crippen LogP contribution in [0.15, 0.2) is 36.4 Å². The van der Waals surface area contributed by atoms with Gasteiger partial charge < -0.3 is 14.0 Å². The summed E-state index contributed by atoms with van der Waals surface area (Å²) in [5.74, 6) is 2.27. The zero-order valence-electron chi connectivity index (χ0n) is 13.3. The minimum absolute atomic E-state index is 0.660. The summed E-state index contributed by atoms with van der Waals surface area (Å²) in [4.78, 5) is 4.60. The molecule has 0 saturated heterocycles. The molecule has 5 heteroatoms. The van der Waals surface area contributed by atoms with Crippen molar-refractivity contribution >= 4 is 11.0 Å². The second-order valence-electron chi connectivity index (χ2n) is 5.25. The van der Waals surface area contributed by atoms with Gasteiger partial charge in [0.25, 0.3) is 0 Å². The summed E-state index contributed by atoms with van der Waals surface area (Å²) >= 11 is 0.